The van der Waals surface area contributed by atoms with Crippen molar-refractivity contribution >= 4 is 11.6 Å². The van der Waals surface area contributed by atoms with Gasteiger partial charge >= 0.3 is 0 Å². The Kier molecular flexibility index (Phi) is 3.64. The third-order valence-electron chi connectivity index (χ3n) is 3.54. The van der Waals surface area contributed by atoms with Gasteiger partial charge in [-0.05, 0) is 36.6 Å². The molecule has 0 saturated heterocycles. The van der Waals surface area contributed by atoms with Crippen molar-refractivity contribution in [3.63, 3.8) is 0 Å². The topological polar surface area (TPSA) is 42.0 Å². The number of fused-ring (bicyclic) bond motifs is 1. The minimum atomic E-state index is -0.837. The van der Waals surface area contributed by atoms with Gasteiger partial charge in [-0.25, -0.2) is 13.8 Å². The summed E-state index contributed by atoms with van der Waals surface area (Å²) >= 11 is 0. The average molecular weight is 288 g/mol. The first-order valence-corrected chi connectivity index (χ1v) is 6.85. The third kappa shape index (κ3) is 2.77. The van der Waals surface area contributed by atoms with E-state index in [2.05, 4.69) is 10.3 Å². The second-order valence-corrected chi connectivity index (χ2v) is 5.04. The number of carbonyl (C=O) groups is 1. The molecule has 1 aromatic heterocycles. The highest BCUT2D eigenvalue weighted by Gasteiger charge is 2.19. The monoisotopic (exact) mass is 288 g/mol. The number of pyridine rings is 1. The number of nitrogens with zero attached hydrogens (tertiary/aromatic N) is 1. The van der Waals surface area contributed by atoms with Crippen LogP contribution in [0.2, 0.25) is 0 Å². The van der Waals surface area contributed by atoms with Gasteiger partial charge < -0.3 is 5.32 Å². The minimum absolute atomic E-state index is 0.118. The predicted octanol–water partition coefficient (Wildman–Crippen LogP) is 3.14. The maximum Gasteiger partial charge on any atom is 0.174 e. The molecule has 21 heavy (non-hydrogen) atoms. The van der Waals surface area contributed by atoms with E-state index in [9.17, 15) is 13.6 Å². The number of rotatable bonds is 3. The smallest absolute Gasteiger partial charge is 0.174 e. The second-order valence-electron chi connectivity index (χ2n) is 5.04. The van der Waals surface area contributed by atoms with Crippen LogP contribution in [0.5, 0.6) is 0 Å². The molecule has 1 aliphatic rings. The molecule has 0 spiro atoms. The molecule has 0 amide bonds. The van der Waals surface area contributed by atoms with Crippen molar-refractivity contribution < 1.29 is 13.6 Å². The Morgan fingerprint density at radius 1 is 1.19 bits per heavy atom. The molecule has 108 valence electrons. The van der Waals surface area contributed by atoms with Crippen LogP contribution in [0.3, 0.4) is 0 Å². The van der Waals surface area contributed by atoms with Crippen molar-refractivity contribution in [2.45, 2.75) is 19.3 Å². The third-order valence-corrected chi connectivity index (χ3v) is 3.54. The van der Waals surface area contributed by atoms with Gasteiger partial charge in [0.25, 0.3) is 0 Å². The number of aryl methyl sites for hydroxylation is 1. The Labute approximate surface area is 121 Å². The molecule has 2 heterocycles. The molecular weight excluding hydrogens is 274 g/mol. The molecule has 1 aliphatic heterocycles. The molecule has 0 saturated carbocycles. The van der Waals surface area contributed by atoms with Crippen LogP contribution in [-0.2, 0) is 12.8 Å². The lowest BCUT2D eigenvalue weighted by molar-refractivity contribution is 0.0984. The van der Waals surface area contributed by atoms with Crippen LogP contribution < -0.4 is 5.32 Å². The molecule has 5 heteroatoms. The summed E-state index contributed by atoms with van der Waals surface area (Å²) in [5.41, 5.74) is 1.12. The fourth-order valence-corrected chi connectivity index (χ4v) is 2.48. The molecule has 3 rings (SSSR count). The van der Waals surface area contributed by atoms with Crippen molar-refractivity contribution in [2.75, 3.05) is 11.9 Å². The summed E-state index contributed by atoms with van der Waals surface area (Å²) < 4.78 is 27.2. The lowest BCUT2D eigenvalue weighted by Gasteiger charge is -2.17. The van der Waals surface area contributed by atoms with Crippen LogP contribution in [0.25, 0.3) is 0 Å². The molecule has 0 aliphatic carbocycles. The number of aromatic nitrogens is 1. The first kappa shape index (κ1) is 13.7. The van der Waals surface area contributed by atoms with Crippen LogP contribution in [0.15, 0.2) is 30.3 Å². The maximum atomic E-state index is 13.6. The molecule has 0 unspecified atom stereocenters. The fraction of sp³-hybridized carbons (Fsp3) is 0.250. The molecule has 0 fully saturated rings. The number of carbonyl (C=O) groups excluding carboxylic acids is 1. The Bertz CT molecular complexity index is 680. The molecule has 0 bridgehead atoms. The van der Waals surface area contributed by atoms with Gasteiger partial charge in [0.1, 0.15) is 17.5 Å². The first-order chi connectivity index (χ1) is 10.1. The lowest BCUT2D eigenvalue weighted by atomic mass is 10.0. The quantitative estimate of drug-likeness (QED) is 0.882. The van der Waals surface area contributed by atoms with E-state index in [1.165, 1.54) is 6.07 Å². The minimum Gasteiger partial charge on any atom is -0.370 e. The molecule has 1 aromatic carbocycles. The fourth-order valence-electron chi connectivity index (χ4n) is 2.48. The van der Waals surface area contributed by atoms with Crippen molar-refractivity contribution in [1.82, 2.24) is 4.98 Å². The molecule has 2 aromatic rings. The van der Waals surface area contributed by atoms with Gasteiger partial charge in [-0.15, -0.1) is 0 Å². The lowest BCUT2D eigenvalue weighted by Crippen LogP contribution is -2.15. The Morgan fingerprint density at radius 2 is 1.95 bits per heavy atom. The first-order valence-electron chi connectivity index (χ1n) is 6.85. The van der Waals surface area contributed by atoms with E-state index in [4.69, 9.17) is 0 Å². The van der Waals surface area contributed by atoms with Crippen molar-refractivity contribution in [3.05, 3.63) is 58.8 Å². The van der Waals surface area contributed by atoms with Crippen LogP contribution in [0, 0.1) is 11.6 Å². The van der Waals surface area contributed by atoms with Gasteiger partial charge in [-0.3, -0.25) is 4.79 Å². The summed E-state index contributed by atoms with van der Waals surface area (Å²) in [7, 11) is 0. The number of hydrogen-bond donors (Lipinski definition) is 1. The van der Waals surface area contributed by atoms with Gasteiger partial charge in [0.05, 0.1) is 17.7 Å². The van der Waals surface area contributed by atoms with Crippen molar-refractivity contribution in [3.8, 4) is 0 Å². The summed E-state index contributed by atoms with van der Waals surface area (Å²) in [4.78, 5) is 16.4. The molecule has 0 atom stereocenters. The van der Waals surface area contributed by atoms with Gasteiger partial charge in [-0.1, -0.05) is 12.1 Å². The maximum absolute atomic E-state index is 13.6. The predicted molar refractivity (Wildman–Crippen MR) is 75.4 cm³/mol. The number of anilines is 1. The summed E-state index contributed by atoms with van der Waals surface area (Å²) in [6.45, 7) is 0.847. The Hall–Kier alpha value is -2.30. The standard InChI is InChI=1S/C16H14F2N2O/c17-12-4-1-5-13(18)15(12)14(21)9-11-7-6-10-3-2-8-19-16(10)20-11/h1,4-7H,2-3,8-9H2,(H,19,20). The van der Waals surface area contributed by atoms with E-state index in [1.54, 1.807) is 6.07 Å². The zero-order valence-electron chi connectivity index (χ0n) is 11.3. The number of ketones is 1. The Morgan fingerprint density at radius 3 is 2.71 bits per heavy atom. The summed E-state index contributed by atoms with van der Waals surface area (Å²) in [5, 5.41) is 3.17. The van der Waals surface area contributed by atoms with E-state index in [0.717, 1.165) is 42.9 Å². The van der Waals surface area contributed by atoms with Crippen molar-refractivity contribution in [1.29, 1.82) is 0 Å². The largest absolute Gasteiger partial charge is 0.370 e. The number of hydrogen-bond acceptors (Lipinski definition) is 3. The number of nitrogens with one attached hydrogen (secondary N) is 1. The van der Waals surface area contributed by atoms with E-state index < -0.39 is 23.0 Å². The van der Waals surface area contributed by atoms with Gasteiger partial charge in [-0.2, -0.15) is 0 Å². The van der Waals surface area contributed by atoms with E-state index in [1.807, 2.05) is 6.07 Å². The van der Waals surface area contributed by atoms with E-state index in [-0.39, 0.29) is 6.42 Å². The van der Waals surface area contributed by atoms with Gasteiger partial charge in [0.15, 0.2) is 5.78 Å². The normalized spacial score (nSPS) is 13.4. The molecule has 0 radical (unpaired) electrons. The van der Waals surface area contributed by atoms with Crippen molar-refractivity contribution in [2.24, 2.45) is 0 Å². The SMILES string of the molecule is O=C(Cc1ccc2c(n1)NCCC2)c1c(F)cccc1F. The highest BCUT2D eigenvalue weighted by atomic mass is 19.1. The average Bonchev–Trinajstić information content (AvgIpc) is 2.47. The number of halogens is 2. The highest BCUT2D eigenvalue weighted by Crippen LogP contribution is 2.21. The van der Waals surface area contributed by atoms with Crippen LogP contribution in [0.4, 0.5) is 14.6 Å². The summed E-state index contributed by atoms with van der Waals surface area (Å²) in [6, 6.07) is 7.05. The van der Waals surface area contributed by atoms with Gasteiger partial charge in [0.2, 0.25) is 0 Å². The summed E-state index contributed by atoms with van der Waals surface area (Å²) in [5.74, 6) is -1.51. The van der Waals surface area contributed by atoms with Crippen LogP contribution >= 0.6 is 0 Å². The molecule has 3 nitrogen and oxygen atoms in total. The van der Waals surface area contributed by atoms with Gasteiger partial charge in [0, 0.05) is 6.54 Å². The van der Waals surface area contributed by atoms with Crippen LogP contribution in [-0.4, -0.2) is 17.3 Å². The number of benzene rings is 1. The zero-order valence-corrected chi connectivity index (χ0v) is 11.3. The summed E-state index contributed by atoms with van der Waals surface area (Å²) in [6.07, 6.45) is 1.88. The van der Waals surface area contributed by atoms with Crippen LogP contribution in [0.1, 0.15) is 28.0 Å². The second kappa shape index (κ2) is 5.60. The van der Waals surface area contributed by atoms with E-state index >= 15 is 0 Å². The Balaban J connectivity index is 1.85. The zero-order chi connectivity index (χ0) is 14.8. The van der Waals surface area contributed by atoms with E-state index in [0.29, 0.717) is 5.69 Å². The molecule has 1 N–H and O–H groups in total. The highest BCUT2D eigenvalue weighted by molar-refractivity contribution is 5.97. The number of Topliss-reactive ketones (excluding diaryl/α,β-unsaturated/α-hetero) is 1. The molecular formula is C16H14F2N2O.